The first-order chi connectivity index (χ1) is 29.1. The first kappa shape index (κ1) is 52.3. The fraction of sp³-hybridized carbons (Fsp3) is 0.974. The zero-order chi connectivity index (χ0) is 45.0. The molecule has 0 radical (unpaired) electrons. The van der Waals surface area contributed by atoms with Crippen molar-refractivity contribution in [3.63, 3.8) is 0 Å². The summed E-state index contributed by atoms with van der Waals surface area (Å²) in [6.45, 7) is -0.928. The maximum atomic E-state index is 12.9. The highest BCUT2D eigenvalue weighted by molar-refractivity contribution is 5.76. The first-order valence-corrected chi connectivity index (χ1v) is 21.5. The van der Waals surface area contributed by atoms with E-state index in [0.29, 0.717) is 6.42 Å². The Morgan fingerprint density at radius 3 is 1.41 bits per heavy atom. The molecule has 1 amide bonds. The third kappa shape index (κ3) is 13.6. The molecule has 0 aromatic rings. The molecule has 0 bridgehead atoms. The predicted molar refractivity (Wildman–Crippen MR) is 208 cm³/mol. The van der Waals surface area contributed by atoms with Crippen molar-refractivity contribution in [3.8, 4) is 0 Å². The monoisotopic (exact) mass is 888 g/mol. The number of nitrogens with two attached hydrogens (primary N) is 3. The lowest BCUT2D eigenvalue weighted by atomic mass is 9.94. The molecule has 0 aliphatic carbocycles. The molecule has 18 N–H and O–H groups in total. The van der Waals surface area contributed by atoms with Gasteiger partial charge in [0.05, 0.1) is 57.1 Å². The van der Waals surface area contributed by atoms with E-state index >= 15 is 0 Å². The van der Waals surface area contributed by atoms with Gasteiger partial charge in [-0.25, -0.2) is 0 Å². The van der Waals surface area contributed by atoms with Crippen LogP contribution in [0.4, 0.5) is 0 Å². The summed E-state index contributed by atoms with van der Waals surface area (Å²) in [4.78, 5) is 12.9. The van der Waals surface area contributed by atoms with E-state index in [1.165, 1.54) is 32.1 Å². The van der Waals surface area contributed by atoms with Crippen LogP contribution in [0.25, 0.3) is 0 Å². The molecule has 4 aliphatic rings. The van der Waals surface area contributed by atoms with Gasteiger partial charge in [0, 0.05) is 0 Å². The van der Waals surface area contributed by atoms with Gasteiger partial charge in [0.15, 0.2) is 25.2 Å². The third-order valence-corrected chi connectivity index (χ3v) is 11.9. The Balaban J connectivity index is 1.33. The highest BCUT2D eigenvalue weighted by Crippen LogP contribution is 2.33. The summed E-state index contributed by atoms with van der Waals surface area (Å²) in [6.07, 6.45) is -15.9. The SMILES string of the molecule is CCCCCCCCCCCC(O)CC(=O)N[C@@H]1[C@@H](O)[C@H](O[C@@H]2O[C@H](CO)[C@@H](O[C@@H]3O[C@H](CO)[C@@H](O[C@@H]4O[C@H](CO)[C@@H](O)[C@H](O)[C@H]4N)[C@H](O)[C@H]3N)[C@H](O)[C@H]2N)[C@@H](CO)O[C@H]1O. The van der Waals surface area contributed by atoms with Crippen LogP contribution in [0.2, 0.25) is 0 Å². The standard InChI is InChI=1S/C38H72N4O19/c1-2-3-4-5-6-7-8-9-10-11-17(47)12-22(48)42-26-31(53)34(19(14-44)55-35(26)54)61-38-25(41)30(52)33(21(16-46)58-38)60-37-24(40)29(51)32(20(15-45)57-37)59-36-23(39)28(50)27(49)18(13-43)56-36/h17-21,23-38,43-47,49-54H,2-16,39-41H2,1H3,(H,42,48)/t17?,18-,19-,20-,21-,23-,24-,25-,26-,27-,28-,29-,30-,31-,32-,33-,34-,35-,36+,37+,38+/m1/s1. The molecule has 0 aromatic carbocycles. The number of amides is 1. The number of aliphatic hydroxyl groups is 11. The number of ether oxygens (including phenoxy) is 7. The Bertz CT molecular complexity index is 1260. The van der Waals surface area contributed by atoms with Crippen molar-refractivity contribution in [1.29, 1.82) is 0 Å². The molecule has 1 unspecified atom stereocenters. The molecule has 4 saturated heterocycles. The molecule has 4 fully saturated rings. The van der Waals surface area contributed by atoms with Crippen LogP contribution in [0, 0.1) is 0 Å². The summed E-state index contributed by atoms with van der Waals surface area (Å²) in [6, 6.07) is -5.82. The van der Waals surface area contributed by atoms with Gasteiger partial charge < -0.3 is 112 Å². The predicted octanol–water partition coefficient (Wildman–Crippen LogP) is -6.05. The van der Waals surface area contributed by atoms with E-state index in [1.807, 2.05) is 0 Å². The minimum absolute atomic E-state index is 0.314. The summed E-state index contributed by atoms with van der Waals surface area (Å²) in [5.41, 5.74) is 18.5. The summed E-state index contributed by atoms with van der Waals surface area (Å²) >= 11 is 0. The van der Waals surface area contributed by atoms with Gasteiger partial charge in [0.2, 0.25) is 5.91 Å². The van der Waals surface area contributed by atoms with Crippen LogP contribution in [0.3, 0.4) is 0 Å². The molecule has 23 nitrogen and oxygen atoms in total. The number of hydrogen-bond acceptors (Lipinski definition) is 22. The molecule has 61 heavy (non-hydrogen) atoms. The normalized spacial score (nSPS) is 42.6. The van der Waals surface area contributed by atoms with Crippen LogP contribution >= 0.6 is 0 Å². The van der Waals surface area contributed by atoms with Gasteiger partial charge in [0.1, 0.15) is 79.3 Å². The van der Waals surface area contributed by atoms with Crippen molar-refractivity contribution in [3.05, 3.63) is 0 Å². The number of hydrogen-bond donors (Lipinski definition) is 15. The van der Waals surface area contributed by atoms with Crippen LogP contribution in [-0.2, 0) is 38.0 Å². The number of unbranched alkanes of at least 4 members (excludes halogenated alkanes) is 8. The lowest BCUT2D eigenvalue weighted by Crippen LogP contribution is -2.70. The van der Waals surface area contributed by atoms with Crippen LogP contribution < -0.4 is 22.5 Å². The number of carbonyl (C=O) groups is 1. The maximum Gasteiger partial charge on any atom is 0.223 e. The average Bonchev–Trinajstić information content (AvgIpc) is 3.24. The smallest absolute Gasteiger partial charge is 0.223 e. The highest BCUT2D eigenvalue weighted by atomic mass is 16.8. The Morgan fingerprint density at radius 2 is 0.951 bits per heavy atom. The number of aliphatic hydroxyl groups excluding tert-OH is 11. The van der Waals surface area contributed by atoms with Crippen molar-refractivity contribution < 1.29 is 94.1 Å². The Morgan fingerprint density at radius 1 is 0.557 bits per heavy atom. The first-order valence-electron chi connectivity index (χ1n) is 21.5. The van der Waals surface area contributed by atoms with Gasteiger partial charge in [0.25, 0.3) is 0 Å². The van der Waals surface area contributed by atoms with Crippen molar-refractivity contribution in [2.45, 2.75) is 206 Å². The molecule has 4 rings (SSSR count). The fourth-order valence-electron chi connectivity index (χ4n) is 8.10. The number of rotatable bonds is 23. The zero-order valence-electron chi connectivity index (χ0n) is 34.6. The molecular formula is C38H72N4O19. The Labute approximate surface area is 354 Å². The van der Waals surface area contributed by atoms with Gasteiger partial charge in [-0.1, -0.05) is 64.7 Å². The minimum atomic E-state index is -1.80. The molecule has 0 saturated carbocycles. The van der Waals surface area contributed by atoms with Gasteiger partial charge in [-0.2, -0.15) is 0 Å². The van der Waals surface area contributed by atoms with Crippen LogP contribution in [-0.4, -0.2) is 217 Å². The lowest BCUT2D eigenvalue weighted by molar-refractivity contribution is -0.359. The van der Waals surface area contributed by atoms with E-state index in [2.05, 4.69) is 12.2 Å². The second kappa shape index (κ2) is 25.4. The van der Waals surface area contributed by atoms with E-state index < -0.39 is 161 Å². The van der Waals surface area contributed by atoms with Crippen molar-refractivity contribution in [2.75, 3.05) is 26.4 Å². The molecule has 0 spiro atoms. The molecule has 21 atom stereocenters. The van der Waals surface area contributed by atoms with Gasteiger partial charge in [-0.15, -0.1) is 0 Å². The largest absolute Gasteiger partial charge is 0.394 e. The summed E-state index contributed by atoms with van der Waals surface area (Å²) in [5, 5.41) is 118. The summed E-state index contributed by atoms with van der Waals surface area (Å²) in [7, 11) is 0. The van der Waals surface area contributed by atoms with Gasteiger partial charge in [-0.05, 0) is 6.42 Å². The van der Waals surface area contributed by atoms with Gasteiger partial charge in [-0.3, -0.25) is 4.79 Å². The topological polar surface area (TPSA) is 394 Å². The minimum Gasteiger partial charge on any atom is -0.394 e. The van der Waals surface area contributed by atoms with E-state index in [-0.39, 0.29) is 6.42 Å². The number of carbonyl (C=O) groups excluding carboxylic acids is 1. The molecule has 4 heterocycles. The van der Waals surface area contributed by atoms with E-state index in [0.717, 1.165) is 25.7 Å². The van der Waals surface area contributed by atoms with E-state index in [9.17, 15) is 61.0 Å². The third-order valence-electron chi connectivity index (χ3n) is 11.9. The maximum absolute atomic E-state index is 12.9. The second-order valence-corrected chi connectivity index (χ2v) is 16.5. The zero-order valence-corrected chi connectivity index (χ0v) is 34.6. The Kier molecular flexibility index (Phi) is 21.7. The quantitative estimate of drug-likeness (QED) is 0.0425. The summed E-state index contributed by atoms with van der Waals surface area (Å²) < 4.78 is 40.1. The van der Waals surface area contributed by atoms with E-state index in [4.69, 9.17) is 50.4 Å². The fourth-order valence-corrected chi connectivity index (χ4v) is 8.10. The van der Waals surface area contributed by atoms with Crippen molar-refractivity contribution in [1.82, 2.24) is 5.32 Å². The van der Waals surface area contributed by atoms with Crippen molar-refractivity contribution in [2.24, 2.45) is 17.2 Å². The number of nitrogens with one attached hydrogen (secondary N) is 1. The van der Waals surface area contributed by atoms with Crippen LogP contribution in [0.15, 0.2) is 0 Å². The summed E-state index contributed by atoms with van der Waals surface area (Å²) in [5.74, 6) is -0.688. The van der Waals surface area contributed by atoms with Crippen molar-refractivity contribution >= 4 is 5.91 Å². The molecule has 23 heteroatoms. The lowest BCUT2D eigenvalue weighted by Gasteiger charge is -2.49. The Hall–Kier alpha value is -1.37. The molecule has 0 aromatic heterocycles. The van der Waals surface area contributed by atoms with E-state index in [1.54, 1.807) is 0 Å². The van der Waals surface area contributed by atoms with Gasteiger partial charge >= 0.3 is 0 Å². The van der Waals surface area contributed by atoms with Crippen LogP contribution in [0.1, 0.15) is 77.6 Å². The molecule has 4 aliphatic heterocycles. The second-order valence-electron chi connectivity index (χ2n) is 16.5. The molecular weight excluding hydrogens is 816 g/mol. The highest BCUT2D eigenvalue weighted by Gasteiger charge is 2.54. The average molecular weight is 889 g/mol. The van der Waals surface area contributed by atoms with Crippen LogP contribution in [0.5, 0.6) is 0 Å². The molecule has 358 valence electrons.